The fourth-order valence-corrected chi connectivity index (χ4v) is 3.52. The summed E-state index contributed by atoms with van der Waals surface area (Å²) in [5.41, 5.74) is -0.632. The summed E-state index contributed by atoms with van der Waals surface area (Å²) in [6.07, 6.45) is -3.55. The zero-order chi connectivity index (χ0) is 26.6. The average molecular weight is 509 g/mol. The molecule has 0 saturated heterocycles. The van der Waals surface area contributed by atoms with E-state index in [9.17, 15) is 22.8 Å². The summed E-state index contributed by atoms with van der Waals surface area (Å²) >= 11 is 0. The number of aromatic nitrogens is 2. The van der Waals surface area contributed by atoms with Gasteiger partial charge in [-0.25, -0.2) is 9.78 Å². The molecular formula is C27H22F3N3O4. The highest BCUT2D eigenvalue weighted by Crippen LogP contribution is 2.32. The smallest absolute Gasteiger partial charge is 0.416 e. The number of hydrogen-bond donors (Lipinski definition) is 0. The van der Waals surface area contributed by atoms with Gasteiger partial charge < -0.3 is 9.47 Å². The zero-order valence-corrected chi connectivity index (χ0v) is 19.9. The van der Waals surface area contributed by atoms with Crippen LogP contribution in [0, 0.1) is 0 Å². The molecule has 0 spiro atoms. The quantitative estimate of drug-likeness (QED) is 0.250. The van der Waals surface area contributed by atoms with Crippen molar-refractivity contribution in [2.75, 3.05) is 6.61 Å². The largest absolute Gasteiger partial charge is 0.481 e. The van der Waals surface area contributed by atoms with Crippen molar-refractivity contribution in [2.24, 2.45) is 5.10 Å². The van der Waals surface area contributed by atoms with E-state index in [1.54, 1.807) is 62.4 Å². The molecule has 7 nitrogen and oxygen atoms in total. The molecule has 0 saturated carbocycles. The van der Waals surface area contributed by atoms with Gasteiger partial charge in [0.05, 0.1) is 28.8 Å². The molecule has 3 aromatic carbocycles. The highest BCUT2D eigenvalue weighted by molar-refractivity contribution is 5.85. The van der Waals surface area contributed by atoms with Crippen LogP contribution in [-0.4, -0.2) is 34.6 Å². The van der Waals surface area contributed by atoms with Crippen LogP contribution >= 0.6 is 0 Å². The van der Waals surface area contributed by atoms with E-state index < -0.39 is 23.3 Å². The molecule has 0 amide bonds. The van der Waals surface area contributed by atoms with Gasteiger partial charge in [0, 0.05) is 11.1 Å². The number of hydrogen-bond acceptors (Lipinski definition) is 6. The molecule has 1 heterocycles. The summed E-state index contributed by atoms with van der Waals surface area (Å²) in [4.78, 5) is 29.6. The third kappa shape index (κ3) is 6.03. The van der Waals surface area contributed by atoms with E-state index in [1.807, 2.05) is 0 Å². The van der Waals surface area contributed by atoms with Gasteiger partial charge in [-0.2, -0.15) is 22.9 Å². The number of benzene rings is 3. The van der Waals surface area contributed by atoms with Crippen molar-refractivity contribution in [3.8, 4) is 17.1 Å². The summed E-state index contributed by atoms with van der Waals surface area (Å²) in [5, 5.41) is 4.52. The molecule has 0 atom stereocenters. The Morgan fingerprint density at radius 3 is 2.54 bits per heavy atom. The third-order valence-corrected chi connectivity index (χ3v) is 5.15. The summed E-state index contributed by atoms with van der Waals surface area (Å²) in [6, 6.07) is 17.7. The number of rotatable bonds is 7. The fourth-order valence-electron chi connectivity index (χ4n) is 3.52. The number of carbonyl (C=O) groups is 1. The van der Waals surface area contributed by atoms with Crippen molar-refractivity contribution in [1.29, 1.82) is 0 Å². The second kappa shape index (κ2) is 10.7. The summed E-state index contributed by atoms with van der Waals surface area (Å²) in [7, 11) is 0. The Balaban J connectivity index is 1.78. The van der Waals surface area contributed by atoms with E-state index in [-0.39, 0.29) is 29.5 Å². The van der Waals surface area contributed by atoms with Crippen molar-refractivity contribution in [3.05, 3.63) is 94.3 Å². The summed E-state index contributed by atoms with van der Waals surface area (Å²) in [5.74, 6) is -0.317. The van der Waals surface area contributed by atoms with Crippen molar-refractivity contribution in [1.82, 2.24) is 9.66 Å². The highest BCUT2D eigenvalue weighted by atomic mass is 19.4. The predicted octanol–water partition coefficient (Wildman–Crippen LogP) is 5.29. The SMILES string of the molecule is CC(C)OC(=O)COc1ccccc1C=Nn1c(-c2cccc(C(F)(F)F)c2)nc2ccccc2c1=O. The van der Waals surface area contributed by atoms with E-state index in [1.165, 1.54) is 18.3 Å². The fraction of sp³-hybridized carbons (Fsp3) is 0.185. The van der Waals surface area contributed by atoms with Gasteiger partial charge in [-0.15, -0.1) is 0 Å². The van der Waals surface area contributed by atoms with Gasteiger partial charge in [-0.1, -0.05) is 36.4 Å². The summed E-state index contributed by atoms with van der Waals surface area (Å²) in [6.45, 7) is 3.10. The van der Waals surface area contributed by atoms with Crippen LogP contribution in [0.5, 0.6) is 5.75 Å². The molecule has 0 aliphatic heterocycles. The second-order valence-corrected chi connectivity index (χ2v) is 8.26. The lowest BCUT2D eigenvalue weighted by atomic mass is 10.1. The second-order valence-electron chi connectivity index (χ2n) is 8.26. The third-order valence-electron chi connectivity index (χ3n) is 5.15. The summed E-state index contributed by atoms with van der Waals surface area (Å²) < 4.78 is 51.7. The Kier molecular flexibility index (Phi) is 7.37. The molecule has 0 N–H and O–H groups in total. The molecule has 0 aliphatic rings. The van der Waals surface area contributed by atoms with Crippen LogP contribution in [0.15, 0.2) is 82.7 Å². The highest BCUT2D eigenvalue weighted by Gasteiger charge is 2.31. The standard InChI is InChI=1S/C27H22F3N3O4/c1-17(2)37-24(34)16-36-23-13-6-3-8-19(23)15-31-33-25(18-9-7-10-20(14-18)27(28,29)30)32-22-12-5-4-11-21(22)26(33)35/h3-15,17H,16H2,1-2H3. The van der Waals surface area contributed by atoms with Crippen LogP contribution in [0.2, 0.25) is 0 Å². The normalized spacial score (nSPS) is 11.8. The van der Waals surface area contributed by atoms with E-state index in [4.69, 9.17) is 9.47 Å². The zero-order valence-electron chi connectivity index (χ0n) is 19.9. The molecule has 0 aliphatic carbocycles. The van der Waals surface area contributed by atoms with Crippen molar-refractivity contribution < 1.29 is 27.4 Å². The van der Waals surface area contributed by atoms with E-state index >= 15 is 0 Å². The minimum Gasteiger partial charge on any atom is -0.481 e. The van der Waals surface area contributed by atoms with Gasteiger partial charge in [-0.3, -0.25) is 4.79 Å². The Hall–Kier alpha value is -4.47. The van der Waals surface area contributed by atoms with Crippen molar-refractivity contribution >= 4 is 23.1 Å². The number of para-hydroxylation sites is 2. The molecule has 0 unspecified atom stereocenters. The molecule has 10 heteroatoms. The Labute approximate surface area is 209 Å². The van der Waals surface area contributed by atoms with Crippen LogP contribution in [0.4, 0.5) is 13.2 Å². The first-order valence-corrected chi connectivity index (χ1v) is 11.3. The van der Waals surface area contributed by atoms with E-state index in [0.29, 0.717) is 16.8 Å². The number of nitrogens with zero attached hydrogens (tertiary/aromatic N) is 3. The maximum Gasteiger partial charge on any atom is 0.416 e. The topological polar surface area (TPSA) is 82.8 Å². The van der Waals surface area contributed by atoms with E-state index in [0.717, 1.165) is 16.8 Å². The van der Waals surface area contributed by atoms with Gasteiger partial charge in [-0.05, 0) is 50.2 Å². The average Bonchev–Trinajstić information content (AvgIpc) is 2.86. The first-order valence-electron chi connectivity index (χ1n) is 11.3. The number of carbonyl (C=O) groups excluding carboxylic acids is 1. The first kappa shape index (κ1) is 25.6. The van der Waals surface area contributed by atoms with Crippen LogP contribution in [-0.2, 0) is 15.7 Å². The number of alkyl halides is 3. The minimum absolute atomic E-state index is 0.0649. The van der Waals surface area contributed by atoms with Gasteiger partial charge in [0.1, 0.15) is 5.75 Å². The van der Waals surface area contributed by atoms with Crippen LogP contribution in [0.25, 0.3) is 22.3 Å². The molecule has 0 radical (unpaired) electrons. The van der Waals surface area contributed by atoms with Crippen LogP contribution < -0.4 is 10.3 Å². The number of halogens is 3. The first-order chi connectivity index (χ1) is 17.6. The molecule has 0 bridgehead atoms. The lowest BCUT2D eigenvalue weighted by Gasteiger charge is -2.12. The number of ether oxygens (including phenoxy) is 2. The van der Waals surface area contributed by atoms with Crippen molar-refractivity contribution in [3.63, 3.8) is 0 Å². The Morgan fingerprint density at radius 2 is 1.78 bits per heavy atom. The molecule has 37 heavy (non-hydrogen) atoms. The monoisotopic (exact) mass is 509 g/mol. The van der Waals surface area contributed by atoms with Gasteiger partial charge in [0.25, 0.3) is 5.56 Å². The Bertz CT molecular complexity index is 1530. The number of fused-ring (bicyclic) bond motifs is 1. The van der Waals surface area contributed by atoms with Gasteiger partial charge in [0.15, 0.2) is 12.4 Å². The molecule has 190 valence electrons. The molecule has 1 aromatic heterocycles. The molecular weight excluding hydrogens is 487 g/mol. The maximum atomic E-state index is 13.4. The number of esters is 1. The minimum atomic E-state index is -4.58. The van der Waals surface area contributed by atoms with Gasteiger partial charge >= 0.3 is 12.1 Å². The molecule has 0 fully saturated rings. The van der Waals surface area contributed by atoms with Crippen molar-refractivity contribution in [2.45, 2.75) is 26.1 Å². The molecule has 4 rings (SSSR count). The lowest BCUT2D eigenvalue weighted by Crippen LogP contribution is -2.21. The predicted molar refractivity (Wildman–Crippen MR) is 133 cm³/mol. The van der Waals surface area contributed by atoms with Crippen LogP contribution in [0.3, 0.4) is 0 Å². The maximum absolute atomic E-state index is 13.4. The van der Waals surface area contributed by atoms with Crippen LogP contribution in [0.1, 0.15) is 25.0 Å². The Morgan fingerprint density at radius 1 is 1.05 bits per heavy atom. The molecule has 4 aromatic rings. The van der Waals surface area contributed by atoms with E-state index in [2.05, 4.69) is 10.1 Å². The lowest BCUT2D eigenvalue weighted by molar-refractivity contribution is -0.149. The van der Waals surface area contributed by atoms with Gasteiger partial charge in [0.2, 0.25) is 0 Å².